The van der Waals surface area contributed by atoms with Crippen molar-refractivity contribution in [1.29, 1.82) is 0 Å². The third kappa shape index (κ3) is 5.80. The van der Waals surface area contributed by atoms with Crippen LogP contribution in [0.15, 0.2) is 41.2 Å². The van der Waals surface area contributed by atoms with E-state index in [2.05, 4.69) is 15.2 Å². The molecule has 1 fully saturated rings. The summed E-state index contributed by atoms with van der Waals surface area (Å²) in [6.45, 7) is 6.80. The van der Waals surface area contributed by atoms with Gasteiger partial charge in [-0.05, 0) is 31.5 Å². The fourth-order valence-electron chi connectivity index (χ4n) is 4.14. The molecule has 1 aromatic carbocycles. The second kappa shape index (κ2) is 10.2. The van der Waals surface area contributed by atoms with Gasteiger partial charge in [0.2, 0.25) is 5.91 Å². The van der Waals surface area contributed by atoms with Gasteiger partial charge in [-0.2, -0.15) is 5.10 Å². The summed E-state index contributed by atoms with van der Waals surface area (Å²) in [6.07, 6.45) is 3.65. The Balaban J connectivity index is 1.51. The van der Waals surface area contributed by atoms with Gasteiger partial charge in [0.25, 0.3) is 0 Å². The lowest BCUT2D eigenvalue weighted by Gasteiger charge is -2.25. The van der Waals surface area contributed by atoms with E-state index in [4.69, 9.17) is 14.0 Å². The Bertz CT molecular complexity index is 1070. The molecule has 9 heteroatoms. The molecule has 0 saturated carbocycles. The number of hydrogen-bond acceptors (Lipinski definition) is 7. The van der Waals surface area contributed by atoms with Gasteiger partial charge in [-0.1, -0.05) is 17.3 Å². The number of carbonyl (C=O) groups is 1. The van der Waals surface area contributed by atoms with Crippen molar-refractivity contribution in [1.82, 2.24) is 24.7 Å². The Kier molecular flexibility index (Phi) is 7.10. The summed E-state index contributed by atoms with van der Waals surface area (Å²) >= 11 is 0. The Morgan fingerprint density at radius 1 is 1.18 bits per heavy atom. The molecular weight excluding hydrogens is 422 g/mol. The quantitative estimate of drug-likeness (QED) is 0.518. The van der Waals surface area contributed by atoms with Crippen LogP contribution < -0.4 is 4.74 Å². The third-order valence-electron chi connectivity index (χ3n) is 5.91. The molecule has 0 spiro atoms. The van der Waals surface area contributed by atoms with Crippen LogP contribution in [0, 0.1) is 13.8 Å². The van der Waals surface area contributed by atoms with E-state index >= 15 is 0 Å². The summed E-state index contributed by atoms with van der Waals surface area (Å²) in [7, 11) is 3.54. The van der Waals surface area contributed by atoms with Crippen LogP contribution in [0.4, 0.5) is 0 Å². The van der Waals surface area contributed by atoms with E-state index in [9.17, 15) is 4.79 Å². The summed E-state index contributed by atoms with van der Waals surface area (Å²) in [6, 6.07) is 7.81. The number of hydrogen-bond donors (Lipinski definition) is 0. The van der Waals surface area contributed by atoms with E-state index in [1.807, 2.05) is 62.5 Å². The Morgan fingerprint density at radius 3 is 2.73 bits per heavy atom. The molecule has 1 amide bonds. The van der Waals surface area contributed by atoms with Crippen LogP contribution in [0.2, 0.25) is 0 Å². The van der Waals surface area contributed by atoms with Crippen molar-refractivity contribution in [2.24, 2.45) is 7.05 Å². The van der Waals surface area contributed by atoms with Crippen molar-refractivity contribution in [3.8, 4) is 5.75 Å². The highest BCUT2D eigenvalue weighted by Gasteiger charge is 2.29. The second-order valence-electron chi connectivity index (χ2n) is 8.55. The molecule has 1 saturated heterocycles. The monoisotopic (exact) mass is 453 g/mol. The van der Waals surface area contributed by atoms with Crippen molar-refractivity contribution in [3.05, 3.63) is 64.8 Å². The van der Waals surface area contributed by atoms with E-state index in [1.165, 1.54) is 0 Å². The highest BCUT2D eigenvalue weighted by atomic mass is 16.5. The largest absolute Gasteiger partial charge is 0.497 e. The molecular formula is C24H31N5O4. The molecule has 3 heterocycles. The van der Waals surface area contributed by atoms with Crippen LogP contribution in [0.1, 0.15) is 28.1 Å². The van der Waals surface area contributed by atoms with Gasteiger partial charge in [0.1, 0.15) is 11.5 Å². The topological polar surface area (TPSA) is 85.9 Å². The van der Waals surface area contributed by atoms with Crippen molar-refractivity contribution in [3.63, 3.8) is 0 Å². The summed E-state index contributed by atoms with van der Waals surface area (Å²) in [4.78, 5) is 17.2. The van der Waals surface area contributed by atoms with Crippen LogP contribution in [0.3, 0.4) is 0 Å². The molecule has 9 nitrogen and oxygen atoms in total. The Hall–Kier alpha value is -3.17. The van der Waals surface area contributed by atoms with Crippen LogP contribution >= 0.6 is 0 Å². The summed E-state index contributed by atoms with van der Waals surface area (Å²) in [5.74, 6) is 1.61. The maximum absolute atomic E-state index is 13.2. The van der Waals surface area contributed by atoms with E-state index in [0.29, 0.717) is 39.3 Å². The zero-order chi connectivity index (χ0) is 23.4. The van der Waals surface area contributed by atoms with Crippen molar-refractivity contribution >= 4 is 5.91 Å². The lowest BCUT2D eigenvalue weighted by atomic mass is 10.2. The van der Waals surface area contributed by atoms with E-state index < -0.39 is 0 Å². The highest BCUT2D eigenvalue weighted by molar-refractivity contribution is 5.78. The third-order valence-corrected chi connectivity index (χ3v) is 5.91. The average molecular weight is 454 g/mol. The fourth-order valence-corrected chi connectivity index (χ4v) is 4.14. The van der Waals surface area contributed by atoms with Crippen molar-refractivity contribution < 1.29 is 18.8 Å². The molecule has 2 aromatic heterocycles. The van der Waals surface area contributed by atoms with Gasteiger partial charge in [0, 0.05) is 50.6 Å². The van der Waals surface area contributed by atoms with Crippen LogP contribution in [0.25, 0.3) is 0 Å². The maximum Gasteiger partial charge on any atom is 0.237 e. The maximum atomic E-state index is 13.2. The predicted octanol–water partition coefficient (Wildman–Crippen LogP) is 2.46. The molecule has 33 heavy (non-hydrogen) atoms. The highest BCUT2D eigenvalue weighted by Crippen LogP contribution is 2.20. The molecule has 1 aliphatic heterocycles. The van der Waals surface area contributed by atoms with Crippen molar-refractivity contribution in [2.45, 2.75) is 39.6 Å². The summed E-state index contributed by atoms with van der Waals surface area (Å²) < 4.78 is 18.7. The van der Waals surface area contributed by atoms with Crippen molar-refractivity contribution in [2.75, 3.05) is 26.7 Å². The van der Waals surface area contributed by atoms with Crippen LogP contribution in [-0.4, -0.2) is 63.5 Å². The van der Waals surface area contributed by atoms with Gasteiger partial charge in [-0.3, -0.25) is 14.4 Å². The first kappa shape index (κ1) is 23.0. The van der Waals surface area contributed by atoms with E-state index in [-0.39, 0.29) is 12.0 Å². The number of ether oxygens (including phenoxy) is 2. The Labute approximate surface area is 193 Å². The number of nitrogens with zero attached hydrogens (tertiary/aromatic N) is 5. The zero-order valence-corrected chi connectivity index (χ0v) is 19.7. The zero-order valence-electron chi connectivity index (χ0n) is 19.7. The van der Waals surface area contributed by atoms with Gasteiger partial charge < -0.3 is 18.9 Å². The smallest absolute Gasteiger partial charge is 0.237 e. The first-order valence-electron chi connectivity index (χ1n) is 11.0. The minimum Gasteiger partial charge on any atom is -0.497 e. The molecule has 176 valence electrons. The number of carbonyl (C=O) groups excluding carboxylic acids is 1. The summed E-state index contributed by atoms with van der Waals surface area (Å²) in [5.41, 5.74) is 3.88. The standard InChI is InChI=1S/C24H31N5O4/c1-17-23(18(2)33-26-17)16-32-22-13-28(11-20-9-25-27(3)10-20)15-24(30)29(14-22)12-19-6-5-7-21(8-19)31-4/h5-10,22H,11-16H2,1-4H3. The molecule has 0 aliphatic carbocycles. The van der Waals surface area contributed by atoms with Gasteiger partial charge in [0.15, 0.2) is 0 Å². The number of aromatic nitrogens is 3. The second-order valence-corrected chi connectivity index (χ2v) is 8.55. The first-order valence-corrected chi connectivity index (χ1v) is 11.0. The number of rotatable bonds is 8. The van der Waals surface area contributed by atoms with Gasteiger partial charge >= 0.3 is 0 Å². The fraction of sp³-hybridized carbons (Fsp3) is 0.458. The van der Waals surface area contributed by atoms with Gasteiger partial charge in [-0.25, -0.2) is 0 Å². The van der Waals surface area contributed by atoms with Gasteiger partial charge in [-0.15, -0.1) is 0 Å². The minimum absolute atomic E-state index is 0.0742. The lowest BCUT2D eigenvalue weighted by molar-refractivity contribution is -0.132. The predicted molar refractivity (Wildman–Crippen MR) is 121 cm³/mol. The first-order chi connectivity index (χ1) is 15.9. The molecule has 1 atom stereocenters. The SMILES string of the molecule is COc1cccc(CN2CC(OCc3c(C)noc3C)CN(Cc3cnn(C)c3)CC2=O)c1. The number of aryl methyl sites for hydroxylation is 3. The minimum atomic E-state index is -0.160. The van der Waals surface area contributed by atoms with Crippen LogP contribution in [0.5, 0.6) is 5.75 Å². The van der Waals surface area contributed by atoms with Crippen LogP contribution in [-0.2, 0) is 36.3 Å². The lowest BCUT2D eigenvalue weighted by Crippen LogP contribution is -2.37. The number of methoxy groups -OCH3 is 1. The molecule has 1 unspecified atom stereocenters. The van der Waals surface area contributed by atoms with E-state index in [1.54, 1.807) is 11.8 Å². The number of amides is 1. The molecule has 1 aliphatic rings. The Morgan fingerprint density at radius 2 is 2.03 bits per heavy atom. The van der Waals surface area contributed by atoms with Gasteiger partial charge in [0.05, 0.1) is 38.3 Å². The number of benzene rings is 1. The molecule has 3 aromatic rings. The average Bonchev–Trinajstić information content (AvgIpc) is 3.30. The summed E-state index contributed by atoms with van der Waals surface area (Å²) in [5, 5.41) is 8.27. The molecule has 0 bridgehead atoms. The molecule has 4 rings (SSSR count). The molecule has 0 N–H and O–H groups in total. The normalized spacial score (nSPS) is 17.4. The molecule has 0 radical (unpaired) electrons. The van der Waals surface area contributed by atoms with E-state index in [0.717, 1.165) is 33.9 Å².